The second-order valence-electron chi connectivity index (χ2n) is 3.36. The molecule has 2 atom stereocenters. The predicted molar refractivity (Wildman–Crippen MR) is 85.0 cm³/mol. The molecular weight excluding hydrogens is 290 g/mol. The first-order valence-corrected chi connectivity index (χ1v) is 7.67. The van der Waals surface area contributed by atoms with Crippen molar-refractivity contribution in [2.75, 3.05) is 7.11 Å². The highest BCUT2D eigenvalue weighted by atomic mass is 32.1. The molecule has 94 valence electrons. The Balaban J connectivity index is 0.000000171. The highest BCUT2D eigenvalue weighted by Gasteiger charge is 1.99. The Labute approximate surface area is 114 Å². The molecule has 17 heavy (non-hydrogen) atoms. The van der Waals surface area contributed by atoms with Crippen LogP contribution in [0.4, 0.5) is 0 Å². The molecule has 0 aromatic carbocycles. The average molecular weight is 306 g/mol. The molecule has 2 aromatic heterocycles. The van der Waals surface area contributed by atoms with Gasteiger partial charge in [-0.15, -0.1) is 22.7 Å². The van der Waals surface area contributed by atoms with Crippen molar-refractivity contribution in [2.24, 2.45) is 0 Å². The second kappa shape index (κ2) is 6.70. The minimum atomic E-state index is 0.403. The van der Waals surface area contributed by atoms with Crippen LogP contribution in [0.2, 0.25) is 0 Å². The number of ether oxygens (including phenoxy) is 1. The van der Waals surface area contributed by atoms with Crippen LogP contribution in [0, 0.1) is 13.8 Å². The maximum Gasteiger partial charge on any atom is 0.133 e. The summed E-state index contributed by atoms with van der Waals surface area (Å²) in [6.45, 7) is 3.95. The van der Waals surface area contributed by atoms with Gasteiger partial charge in [0, 0.05) is 19.0 Å². The molecule has 2 heterocycles. The Bertz CT molecular complexity index is 472. The lowest BCUT2D eigenvalue weighted by molar-refractivity contribution is 0.414. The van der Waals surface area contributed by atoms with Crippen LogP contribution in [0.15, 0.2) is 12.1 Å². The Morgan fingerprint density at radius 2 is 1.59 bits per heavy atom. The molecular formula is C11H16O2P2S2. The number of hydrogen-bond donors (Lipinski definition) is 1. The van der Waals surface area contributed by atoms with E-state index in [-0.39, 0.29) is 0 Å². The number of rotatable bonds is 1. The van der Waals surface area contributed by atoms with Crippen LogP contribution in [-0.4, -0.2) is 12.2 Å². The van der Waals surface area contributed by atoms with Crippen molar-refractivity contribution >= 4 is 50.4 Å². The van der Waals surface area contributed by atoms with E-state index in [1.807, 2.05) is 13.0 Å². The molecule has 0 bridgehead atoms. The Morgan fingerprint density at radius 1 is 1.06 bits per heavy atom. The molecule has 0 saturated carbocycles. The summed E-state index contributed by atoms with van der Waals surface area (Å²) < 4.78 is 7.37. The Morgan fingerprint density at radius 3 is 1.76 bits per heavy atom. The van der Waals surface area contributed by atoms with Crippen molar-refractivity contribution in [2.45, 2.75) is 13.8 Å². The fourth-order valence-corrected chi connectivity index (χ4v) is 4.00. The SMILES string of the molecule is COc1cc(P)sc1C.Cc1sc(P)cc1O. The van der Waals surface area contributed by atoms with Gasteiger partial charge in [-0.3, -0.25) is 0 Å². The summed E-state index contributed by atoms with van der Waals surface area (Å²) in [5.41, 5.74) is 0. The predicted octanol–water partition coefficient (Wildman–Crippen LogP) is 2.83. The smallest absolute Gasteiger partial charge is 0.133 e. The summed E-state index contributed by atoms with van der Waals surface area (Å²) in [5, 5.41) is 8.94. The van der Waals surface area contributed by atoms with E-state index in [1.54, 1.807) is 35.8 Å². The molecule has 0 aliphatic heterocycles. The number of aromatic hydroxyl groups is 1. The van der Waals surface area contributed by atoms with Crippen LogP contribution < -0.4 is 14.0 Å². The molecule has 0 spiro atoms. The van der Waals surface area contributed by atoms with Crippen LogP contribution in [-0.2, 0) is 0 Å². The highest BCUT2D eigenvalue weighted by molar-refractivity contribution is 7.43. The van der Waals surface area contributed by atoms with Crippen molar-refractivity contribution in [1.82, 2.24) is 0 Å². The van der Waals surface area contributed by atoms with Crippen LogP contribution in [0.5, 0.6) is 11.5 Å². The maximum atomic E-state index is 8.94. The van der Waals surface area contributed by atoms with Gasteiger partial charge in [0.05, 0.1) is 7.11 Å². The number of methoxy groups -OCH3 is 1. The first kappa shape index (κ1) is 14.9. The van der Waals surface area contributed by atoms with Crippen LogP contribution in [0.1, 0.15) is 9.75 Å². The quantitative estimate of drug-likeness (QED) is 0.821. The summed E-state index contributed by atoms with van der Waals surface area (Å²) in [4.78, 5) is 2.22. The van der Waals surface area contributed by atoms with Crippen LogP contribution >= 0.6 is 41.2 Å². The standard InChI is InChI=1S/C6H9OPS.C5H7OPS/c1-4-5(7-2)3-6(8)9-4;1-3-4(6)2-5(7)8-3/h3H,8H2,1-2H3;2,6H,7H2,1H3. The summed E-state index contributed by atoms with van der Waals surface area (Å²) >= 11 is 3.31. The molecule has 2 nitrogen and oxygen atoms in total. The Hall–Kier alpha value is -0.140. The third kappa shape index (κ3) is 4.56. The van der Waals surface area contributed by atoms with E-state index in [9.17, 15) is 0 Å². The van der Waals surface area contributed by atoms with E-state index in [4.69, 9.17) is 9.84 Å². The van der Waals surface area contributed by atoms with Crippen LogP contribution in [0.3, 0.4) is 0 Å². The fraction of sp³-hybridized carbons (Fsp3) is 0.273. The second-order valence-corrected chi connectivity index (χ2v) is 8.02. The van der Waals surface area contributed by atoms with E-state index in [0.29, 0.717) is 5.75 Å². The lowest BCUT2D eigenvalue weighted by Gasteiger charge is -1.92. The third-order valence-electron chi connectivity index (χ3n) is 2.02. The first-order chi connectivity index (χ1) is 7.93. The zero-order valence-corrected chi connectivity index (χ0v) is 13.9. The van der Waals surface area contributed by atoms with Gasteiger partial charge in [0.15, 0.2) is 0 Å². The molecule has 0 radical (unpaired) electrons. The lowest BCUT2D eigenvalue weighted by atomic mass is 10.5. The summed E-state index contributed by atoms with van der Waals surface area (Å²) in [6, 6.07) is 3.76. The van der Waals surface area contributed by atoms with E-state index >= 15 is 0 Å². The minimum absolute atomic E-state index is 0.403. The molecule has 0 fully saturated rings. The van der Waals surface area contributed by atoms with Crippen molar-refractivity contribution in [1.29, 1.82) is 0 Å². The van der Waals surface area contributed by atoms with E-state index < -0.39 is 0 Å². The molecule has 0 aliphatic carbocycles. The van der Waals surface area contributed by atoms with Gasteiger partial charge in [-0.25, -0.2) is 0 Å². The minimum Gasteiger partial charge on any atom is -0.507 e. The summed E-state index contributed by atoms with van der Waals surface area (Å²) in [5.74, 6) is 1.39. The highest BCUT2D eigenvalue weighted by Crippen LogP contribution is 2.22. The van der Waals surface area contributed by atoms with Crippen molar-refractivity contribution in [3.05, 3.63) is 21.9 Å². The molecule has 0 saturated heterocycles. The molecule has 0 aliphatic rings. The van der Waals surface area contributed by atoms with E-state index in [0.717, 1.165) is 15.2 Å². The molecule has 2 unspecified atom stereocenters. The van der Waals surface area contributed by atoms with E-state index in [2.05, 4.69) is 25.4 Å². The zero-order chi connectivity index (χ0) is 13.0. The lowest BCUT2D eigenvalue weighted by Crippen LogP contribution is -1.80. The van der Waals surface area contributed by atoms with E-state index in [1.165, 1.54) is 9.50 Å². The normalized spacial score (nSPS) is 9.71. The van der Waals surface area contributed by atoms with Crippen molar-refractivity contribution < 1.29 is 9.84 Å². The van der Waals surface area contributed by atoms with Crippen LogP contribution in [0.25, 0.3) is 0 Å². The van der Waals surface area contributed by atoms with Gasteiger partial charge in [-0.05, 0) is 26.0 Å². The summed E-state index contributed by atoms with van der Waals surface area (Å²) in [7, 11) is 6.89. The molecule has 1 N–H and O–H groups in total. The van der Waals surface area contributed by atoms with Gasteiger partial charge in [0.1, 0.15) is 11.5 Å². The molecule has 0 amide bonds. The fourth-order valence-electron chi connectivity index (χ4n) is 1.18. The van der Waals surface area contributed by atoms with Crippen molar-refractivity contribution in [3.63, 3.8) is 0 Å². The number of aryl methyl sites for hydroxylation is 2. The summed E-state index contributed by atoms with van der Waals surface area (Å²) in [6.07, 6.45) is 0. The first-order valence-electron chi connectivity index (χ1n) is 4.88. The average Bonchev–Trinajstić information content (AvgIpc) is 2.70. The molecule has 2 rings (SSSR count). The van der Waals surface area contributed by atoms with Gasteiger partial charge < -0.3 is 9.84 Å². The zero-order valence-electron chi connectivity index (χ0n) is 9.98. The topological polar surface area (TPSA) is 29.5 Å². The van der Waals surface area contributed by atoms with Crippen molar-refractivity contribution in [3.8, 4) is 11.5 Å². The molecule has 6 heteroatoms. The largest absolute Gasteiger partial charge is 0.507 e. The van der Waals surface area contributed by atoms with Gasteiger partial charge in [-0.2, -0.15) is 0 Å². The van der Waals surface area contributed by atoms with Gasteiger partial charge in [0.2, 0.25) is 0 Å². The maximum absolute atomic E-state index is 8.94. The van der Waals surface area contributed by atoms with Gasteiger partial charge in [-0.1, -0.05) is 18.5 Å². The van der Waals surface area contributed by atoms with Gasteiger partial charge in [0.25, 0.3) is 0 Å². The number of thiophene rings is 2. The monoisotopic (exact) mass is 306 g/mol. The number of hydrogen-bond acceptors (Lipinski definition) is 4. The Kier molecular flexibility index (Phi) is 5.88. The third-order valence-corrected chi connectivity index (χ3v) is 4.79. The van der Waals surface area contributed by atoms with Gasteiger partial charge >= 0.3 is 0 Å². The molecule has 2 aromatic rings.